The van der Waals surface area contributed by atoms with E-state index in [1.165, 1.54) is 0 Å². The van der Waals surface area contributed by atoms with E-state index in [1.807, 2.05) is 35.4 Å². The number of pyridine rings is 1. The molecular weight excluding hydrogens is 400 g/mol. The Bertz CT molecular complexity index is 1140. The minimum atomic E-state index is -0.981. The maximum atomic E-state index is 13.6. The van der Waals surface area contributed by atoms with Gasteiger partial charge in [-0.15, -0.1) is 6.58 Å². The van der Waals surface area contributed by atoms with E-state index < -0.39 is 5.60 Å². The Morgan fingerprint density at radius 1 is 1.30 bits per heavy atom. The minimum Gasteiger partial charge on any atom is -0.476 e. The molecular formula is C23H23ClN4O2. The Hall–Kier alpha value is -2.83. The lowest BCUT2D eigenvalue weighted by atomic mass is 9.90. The number of carbonyl (C=O) groups excluding carboxylic acids is 1. The van der Waals surface area contributed by atoms with Crippen molar-refractivity contribution in [2.75, 3.05) is 26.2 Å². The zero-order chi connectivity index (χ0) is 20.7. The van der Waals surface area contributed by atoms with Gasteiger partial charge in [0.05, 0.1) is 0 Å². The van der Waals surface area contributed by atoms with Crippen LogP contribution in [0.2, 0.25) is 5.02 Å². The van der Waals surface area contributed by atoms with Gasteiger partial charge in [-0.3, -0.25) is 4.79 Å². The van der Waals surface area contributed by atoms with Gasteiger partial charge in [0.1, 0.15) is 11.4 Å². The molecule has 1 fully saturated rings. The SMILES string of the molecule is C=CCC1(C(=O)N2CCNCC2)Cc2cc(Cl)cc(-c3ccnc4[nH]ccc34)c2O1. The zero-order valence-corrected chi connectivity index (χ0v) is 17.3. The predicted octanol–water partition coefficient (Wildman–Crippen LogP) is 3.56. The summed E-state index contributed by atoms with van der Waals surface area (Å²) < 4.78 is 6.54. The van der Waals surface area contributed by atoms with Crippen molar-refractivity contribution in [3.05, 3.63) is 59.9 Å². The molecule has 1 unspecified atom stereocenters. The van der Waals surface area contributed by atoms with Crippen LogP contribution in [0.1, 0.15) is 12.0 Å². The fraction of sp³-hybridized carbons (Fsp3) is 0.304. The van der Waals surface area contributed by atoms with Gasteiger partial charge in [0, 0.05) is 73.0 Å². The van der Waals surface area contributed by atoms with Crippen molar-refractivity contribution >= 4 is 28.5 Å². The van der Waals surface area contributed by atoms with Crippen molar-refractivity contribution < 1.29 is 9.53 Å². The fourth-order valence-corrected chi connectivity index (χ4v) is 4.79. The first kappa shape index (κ1) is 19.2. The van der Waals surface area contributed by atoms with Crippen LogP contribution in [-0.4, -0.2) is 52.6 Å². The van der Waals surface area contributed by atoms with E-state index in [4.69, 9.17) is 16.3 Å². The second-order valence-electron chi connectivity index (χ2n) is 7.85. The lowest BCUT2D eigenvalue weighted by molar-refractivity contribution is -0.147. The Labute approximate surface area is 179 Å². The van der Waals surface area contributed by atoms with Crippen LogP contribution in [0.3, 0.4) is 0 Å². The molecule has 1 saturated heterocycles. The lowest BCUT2D eigenvalue weighted by Crippen LogP contribution is -2.56. The standard InChI is InChI=1S/C23H23ClN4O2/c1-2-5-23(22(29)28-10-8-25-9-11-28)14-15-12-16(24)13-19(20(15)30-23)17-3-6-26-21-18(17)4-7-27-21/h2-4,6-7,12-13,25H,1,5,8-11,14H2,(H,26,27). The first-order chi connectivity index (χ1) is 14.6. The van der Waals surface area contributed by atoms with Crippen molar-refractivity contribution in [1.82, 2.24) is 20.2 Å². The zero-order valence-electron chi connectivity index (χ0n) is 16.6. The molecule has 0 saturated carbocycles. The number of amides is 1. The van der Waals surface area contributed by atoms with Gasteiger partial charge >= 0.3 is 0 Å². The summed E-state index contributed by atoms with van der Waals surface area (Å²) in [4.78, 5) is 23.0. The van der Waals surface area contributed by atoms with Gasteiger partial charge in [0.2, 0.25) is 0 Å². The van der Waals surface area contributed by atoms with Gasteiger partial charge in [0.15, 0.2) is 5.60 Å². The van der Waals surface area contributed by atoms with Crippen LogP contribution in [0.5, 0.6) is 5.75 Å². The summed E-state index contributed by atoms with van der Waals surface area (Å²) in [6.45, 7) is 6.84. The molecule has 0 spiro atoms. The van der Waals surface area contributed by atoms with Crippen LogP contribution in [-0.2, 0) is 11.2 Å². The normalized spacial score (nSPS) is 20.8. The van der Waals surface area contributed by atoms with Crippen LogP contribution in [0, 0.1) is 0 Å². The summed E-state index contributed by atoms with van der Waals surface area (Å²) in [5, 5.41) is 4.90. The van der Waals surface area contributed by atoms with E-state index >= 15 is 0 Å². The summed E-state index contributed by atoms with van der Waals surface area (Å²) in [5.41, 5.74) is 2.62. The van der Waals surface area contributed by atoms with Crippen molar-refractivity contribution in [2.45, 2.75) is 18.4 Å². The molecule has 2 N–H and O–H groups in total. The molecule has 0 bridgehead atoms. The molecule has 1 amide bonds. The summed E-state index contributed by atoms with van der Waals surface area (Å²) >= 11 is 6.50. The number of aromatic amines is 1. The molecule has 30 heavy (non-hydrogen) atoms. The molecule has 0 aliphatic carbocycles. The van der Waals surface area contributed by atoms with Gasteiger partial charge in [-0.05, 0) is 29.8 Å². The highest BCUT2D eigenvalue weighted by Crippen LogP contribution is 2.47. The van der Waals surface area contributed by atoms with Crippen molar-refractivity contribution in [3.63, 3.8) is 0 Å². The van der Waals surface area contributed by atoms with Crippen LogP contribution < -0.4 is 10.1 Å². The Morgan fingerprint density at radius 2 is 2.13 bits per heavy atom. The summed E-state index contributed by atoms with van der Waals surface area (Å²) in [6, 6.07) is 7.76. The summed E-state index contributed by atoms with van der Waals surface area (Å²) in [7, 11) is 0. The molecule has 5 rings (SSSR count). The molecule has 0 radical (unpaired) electrons. The maximum Gasteiger partial charge on any atom is 0.267 e. The van der Waals surface area contributed by atoms with Crippen LogP contribution >= 0.6 is 11.6 Å². The highest BCUT2D eigenvalue weighted by molar-refractivity contribution is 6.31. The van der Waals surface area contributed by atoms with Crippen LogP contribution in [0.25, 0.3) is 22.2 Å². The minimum absolute atomic E-state index is 0.0173. The average Bonchev–Trinajstić information content (AvgIpc) is 3.38. The van der Waals surface area contributed by atoms with Gasteiger partial charge in [-0.2, -0.15) is 0 Å². The largest absolute Gasteiger partial charge is 0.476 e. The Morgan fingerprint density at radius 3 is 2.93 bits per heavy atom. The van der Waals surface area contributed by atoms with Crippen LogP contribution in [0.4, 0.5) is 0 Å². The van der Waals surface area contributed by atoms with Crippen molar-refractivity contribution in [1.29, 1.82) is 0 Å². The highest BCUT2D eigenvalue weighted by Gasteiger charge is 2.48. The third-order valence-corrected chi connectivity index (χ3v) is 6.14. The Kier molecular flexibility index (Phi) is 4.76. The number of hydrogen-bond donors (Lipinski definition) is 2. The quantitative estimate of drug-likeness (QED) is 0.631. The number of hydrogen-bond acceptors (Lipinski definition) is 4. The monoisotopic (exact) mass is 422 g/mol. The molecule has 3 aromatic rings. The molecule has 1 atom stereocenters. The summed E-state index contributed by atoms with van der Waals surface area (Å²) in [5.74, 6) is 0.738. The number of ether oxygens (including phenoxy) is 1. The van der Waals surface area contributed by atoms with Gasteiger partial charge in [-0.25, -0.2) is 4.98 Å². The first-order valence-electron chi connectivity index (χ1n) is 10.2. The molecule has 1 aromatic carbocycles. The molecule has 154 valence electrons. The Balaban J connectivity index is 1.60. The number of fused-ring (bicyclic) bond motifs is 2. The smallest absolute Gasteiger partial charge is 0.267 e. The summed E-state index contributed by atoms with van der Waals surface area (Å²) in [6.07, 6.45) is 6.31. The molecule has 2 aromatic heterocycles. The highest BCUT2D eigenvalue weighted by atomic mass is 35.5. The number of carbonyl (C=O) groups is 1. The van der Waals surface area contributed by atoms with E-state index in [1.54, 1.807) is 12.3 Å². The average molecular weight is 423 g/mol. The van der Waals surface area contributed by atoms with Gasteiger partial charge in [0.25, 0.3) is 5.91 Å². The second-order valence-corrected chi connectivity index (χ2v) is 8.28. The predicted molar refractivity (Wildman–Crippen MR) is 118 cm³/mol. The number of piperazine rings is 1. The third-order valence-electron chi connectivity index (χ3n) is 5.92. The lowest BCUT2D eigenvalue weighted by Gasteiger charge is -2.35. The van der Waals surface area contributed by atoms with Gasteiger partial charge < -0.3 is 19.9 Å². The molecule has 6 nitrogen and oxygen atoms in total. The van der Waals surface area contributed by atoms with Crippen molar-refractivity contribution in [2.24, 2.45) is 0 Å². The molecule has 4 heterocycles. The van der Waals surface area contributed by atoms with E-state index in [0.29, 0.717) is 31.0 Å². The van der Waals surface area contributed by atoms with E-state index in [9.17, 15) is 4.79 Å². The third kappa shape index (κ3) is 3.07. The van der Waals surface area contributed by atoms with E-state index in [-0.39, 0.29) is 5.91 Å². The van der Waals surface area contributed by atoms with Gasteiger partial charge in [-0.1, -0.05) is 17.7 Å². The van der Waals surface area contributed by atoms with Crippen LogP contribution in [0.15, 0.2) is 49.3 Å². The van der Waals surface area contributed by atoms with E-state index in [2.05, 4.69) is 21.9 Å². The number of halogens is 1. The number of nitrogens with zero attached hydrogens (tertiary/aromatic N) is 2. The molecule has 2 aliphatic rings. The first-order valence-corrected chi connectivity index (χ1v) is 10.5. The number of rotatable bonds is 4. The number of H-pyrrole nitrogens is 1. The maximum absolute atomic E-state index is 13.6. The number of aromatic nitrogens is 2. The number of nitrogens with one attached hydrogen (secondary N) is 2. The second kappa shape index (κ2) is 7.45. The fourth-order valence-electron chi connectivity index (χ4n) is 4.55. The molecule has 2 aliphatic heterocycles. The van der Waals surface area contributed by atoms with Crippen molar-refractivity contribution in [3.8, 4) is 16.9 Å². The number of benzene rings is 1. The molecule has 7 heteroatoms. The topological polar surface area (TPSA) is 70.2 Å². The van der Waals surface area contributed by atoms with E-state index in [0.717, 1.165) is 46.6 Å².